The molecule has 1 N–H and O–H groups in total. The quantitative estimate of drug-likeness (QED) is 0.350. The van der Waals surface area contributed by atoms with Gasteiger partial charge in [-0.1, -0.05) is 31.4 Å². The number of amides is 2. The lowest BCUT2D eigenvalue weighted by atomic mass is 9.83. The molecular formula is C31H42ClN5O5S. The molecule has 2 aromatic rings. The van der Waals surface area contributed by atoms with E-state index in [9.17, 15) is 9.59 Å². The van der Waals surface area contributed by atoms with Crippen molar-refractivity contribution in [3.63, 3.8) is 0 Å². The van der Waals surface area contributed by atoms with E-state index in [-0.39, 0.29) is 29.7 Å². The Hall–Kier alpha value is -2.28. The Morgan fingerprint density at radius 3 is 2.47 bits per heavy atom. The Kier molecular flexibility index (Phi) is 9.28. The Morgan fingerprint density at radius 1 is 1.09 bits per heavy atom. The fraction of sp³-hybridized carbons (Fsp3) is 0.645. The van der Waals surface area contributed by atoms with Crippen molar-refractivity contribution >= 4 is 39.9 Å². The van der Waals surface area contributed by atoms with E-state index in [2.05, 4.69) is 27.5 Å². The molecule has 1 unspecified atom stereocenters. The zero-order valence-electron chi connectivity index (χ0n) is 25.2. The molecule has 4 fully saturated rings. The highest BCUT2D eigenvalue weighted by molar-refractivity contribution is 7.14. The summed E-state index contributed by atoms with van der Waals surface area (Å²) in [6.45, 7) is 4.49. The number of halogens is 1. The number of hydrogen-bond donors (Lipinski definition) is 1. The minimum Gasteiger partial charge on any atom is -0.369 e. The van der Waals surface area contributed by atoms with Crippen LogP contribution in [0.1, 0.15) is 42.5 Å². The number of rotatable bonds is 8. The highest BCUT2D eigenvalue weighted by atomic mass is 35.5. The number of aromatic nitrogens is 1. The predicted octanol–water partition coefficient (Wildman–Crippen LogP) is 3.45. The molecule has 3 saturated heterocycles. The van der Waals surface area contributed by atoms with Gasteiger partial charge in [0.2, 0.25) is 11.7 Å². The Labute approximate surface area is 262 Å². The lowest BCUT2D eigenvalue weighted by molar-refractivity contribution is -0.227. The first-order chi connectivity index (χ1) is 20.8. The average Bonchev–Trinajstić information content (AvgIpc) is 3.77. The number of hydrogen-bond acceptors (Lipinski definition) is 9. The number of carbonyl (C=O) groups is 2. The van der Waals surface area contributed by atoms with Crippen LogP contribution in [0.25, 0.3) is 11.3 Å². The number of carbonyl (C=O) groups excluding carboxylic acids is 2. The van der Waals surface area contributed by atoms with E-state index in [1.807, 2.05) is 24.3 Å². The molecule has 6 rings (SSSR count). The number of likely N-dealkylation sites (tertiary alicyclic amines) is 1. The third-order valence-corrected chi connectivity index (χ3v) is 10.9. The monoisotopic (exact) mass is 631 g/mol. The Bertz CT molecular complexity index is 1280. The van der Waals surface area contributed by atoms with Crippen molar-refractivity contribution in [1.82, 2.24) is 20.1 Å². The summed E-state index contributed by atoms with van der Waals surface area (Å²) in [6.07, 6.45) is 4.59. The van der Waals surface area contributed by atoms with Gasteiger partial charge in [-0.05, 0) is 37.9 Å². The van der Waals surface area contributed by atoms with Crippen molar-refractivity contribution in [3.05, 3.63) is 35.2 Å². The average molecular weight is 632 g/mol. The minimum absolute atomic E-state index is 0.0436. The summed E-state index contributed by atoms with van der Waals surface area (Å²) < 4.78 is 17.5. The van der Waals surface area contributed by atoms with Crippen LogP contribution in [0.4, 0.5) is 5.13 Å². The zero-order valence-corrected chi connectivity index (χ0v) is 26.7. The number of likely N-dealkylation sites (N-methyl/N-ethyl adjacent to an activating group) is 1. The molecule has 10 nitrogen and oxygen atoms in total. The van der Waals surface area contributed by atoms with Crippen molar-refractivity contribution < 1.29 is 23.8 Å². The second-order valence-corrected chi connectivity index (χ2v) is 13.6. The number of thiazole rings is 1. The molecule has 1 saturated carbocycles. The summed E-state index contributed by atoms with van der Waals surface area (Å²) >= 11 is 8.33. The van der Waals surface area contributed by atoms with Crippen LogP contribution in [-0.2, 0) is 19.0 Å². The van der Waals surface area contributed by atoms with Crippen LogP contribution in [0.2, 0.25) is 0 Å². The number of anilines is 1. The second kappa shape index (κ2) is 13.0. The van der Waals surface area contributed by atoms with Gasteiger partial charge in [-0.15, -0.1) is 22.9 Å². The van der Waals surface area contributed by atoms with Gasteiger partial charge in [0.25, 0.3) is 5.91 Å². The predicted molar refractivity (Wildman–Crippen MR) is 167 cm³/mol. The number of nitrogens with one attached hydrogen (secondary N) is 1. The maximum atomic E-state index is 14.3. The summed E-state index contributed by atoms with van der Waals surface area (Å²) in [5.74, 6) is -1.47. The number of nitrogens with zero attached hydrogens (tertiary/aromatic N) is 4. The zero-order chi connectivity index (χ0) is 30.1. The molecule has 43 heavy (non-hydrogen) atoms. The number of ether oxygens (including phenoxy) is 3. The van der Waals surface area contributed by atoms with Crippen molar-refractivity contribution in [3.8, 4) is 11.3 Å². The van der Waals surface area contributed by atoms with E-state index in [1.54, 1.807) is 30.5 Å². The topological polar surface area (TPSA) is 96.5 Å². The lowest BCUT2D eigenvalue weighted by Crippen LogP contribution is -2.60. The van der Waals surface area contributed by atoms with Crippen LogP contribution in [0, 0.1) is 5.92 Å². The van der Waals surface area contributed by atoms with Crippen LogP contribution in [0.5, 0.6) is 0 Å². The van der Waals surface area contributed by atoms with Crippen LogP contribution in [-0.4, -0.2) is 117 Å². The summed E-state index contributed by atoms with van der Waals surface area (Å²) in [5.41, 5.74) is 2.37. The van der Waals surface area contributed by atoms with Gasteiger partial charge in [-0.2, -0.15) is 0 Å². The van der Waals surface area contributed by atoms with Crippen molar-refractivity contribution in [1.29, 1.82) is 0 Å². The summed E-state index contributed by atoms with van der Waals surface area (Å²) in [5, 5.41) is 5.84. The van der Waals surface area contributed by atoms with E-state index in [1.165, 1.54) is 0 Å². The number of benzene rings is 1. The Balaban J connectivity index is 1.18. The van der Waals surface area contributed by atoms with E-state index < -0.39 is 24.0 Å². The normalized spacial score (nSPS) is 26.8. The molecule has 4 aliphatic rings. The van der Waals surface area contributed by atoms with Gasteiger partial charge in [0.15, 0.2) is 5.13 Å². The fourth-order valence-corrected chi connectivity index (χ4v) is 8.26. The molecule has 1 aromatic heterocycles. The highest BCUT2D eigenvalue weighted by Crippen LogP contribution is 2.42. The van der Waals surface area contributed by atoms with Crippen LogP contribution >= 0.6 is 22.9 Å². The number of methoxy groups -OCH3 is 2. The molecule has 2 amide bonds. The molecule has 1 aliphatic carbocycles. The van der Waals surface area contributed by atoms with Crippen molar-refractivity contribution in [2.75, 3.05) is 65.5 Å². The number of alkyl halides is 1. The third-order valence-electron chi connectivity index (χ3n) is 9.66. The highest BCUT2D eigenvalue weighted by Gasteiger charge is 2.62. The summed E-state index contributed by atoms with van der Waals surface area (Å²) in [7, 11) is 5.26. The second-order valence-electron chi connectivity index (χ2n) is 12.2. The molecule has 3 aliphatic heterocycles. The fourth-order valence-electron chi connectivity index (χ4n) is 7.02. The van der Waals surface area contributed by atoms with Gasteiger partial charge in [0.05, 0.1) is 11.1 Å². The van der Waals surface area contributed by atoms with Crippen LogP contribution in [0.3, 0.4) is 0 Å². The number of fused-ring (bicyclic) bond motifs is 1. The van der Waals surface area contributed by atoms with Gasteiger partial charge in [0, 0.05) is 63.5 Å². The van der Waals surface area contributed by atoms with Crippen LogP contribution in [0.15, 0.2) is 29.6 Å². The van der Waals surface area contributed by atoms with Crippen LogP contribution < -0.4 is 10.2 Å². The van der Waals surface area contributed by atoms with E-state index in [0.717, 1.165) is 74.7 Å². The molecule has 1 aromatic carbocycles. The van der Waals surface area contributed by atoms with Crippen molar-refractivity contribution in [2.45, 2.75) is 61.5 Å². The van der Waals surface area contributed by atoms with Gasteiger partial charge in [0.1, 0.15) is 24.8 Å². The summed E-state index contributed by atoms with van der Waals surface area (Å²) in [6, 6.07) is 6.32. The molecule has 0 spiro atoms. The maximum absolute atomic E-state index is 14.3. The first-order valence-corrected chi connectivity index (χ1v) is 16.6. The number of piperazine rings is 1. The molecule has 234 valence electrons. The molecular weight excluding hydrogens is 590 g/mol. The first-order valence-electron chi connectivity index (χ1n) is 15.3. The van der Waals surface area contributed by atoms with E-state index in [4.69, 9.17) is 30.8 Å². The van der Waals surface area contributed by atoms with Gasteiger partial charge < -0.3 is 34.2 Å². The SMILES string of the molecule is COC1(OC)CO[C@@H]2[C@H](Cl)CN(C(=O)C(NC(=O)c3ccc(-c4csc(N5CCN(C)CC5)n4)cc3)C3CCCCC3)[C@@H]21. The Morgan fingerprint density at radius 2 is 1.79 bits per heavy atom. The van der Waals surface area contributed by atoms with E-state index >= 15 is 0 Å². The maximum Gasteiger partial charge on any atom is 0.251 e. The minimum atomic E-state index is -1.10. The first kappa shape index (κ1) is 30.7. The molecule has 0 radical (unpaired) electrons. The molecule has 0 bridgehead atoms. The molecule has 4 atom stereocenters. The van der Waals surface area contributed by atoms with Gasteiger partial charge >= 0.3 is 0 Å². The standard InChI is InChI=1S/C31H42ClN5O5S/c1-35-13-15-36(16-14-35)30-33-24(18-43-30)20-9-11-22(12-10-20)28(38)34-25(21-7-5-4-6-8-21)29(39)37-17-23(32)26-27(37)31(40-2,41-3)19-42-26/h9-12,18,21,23,25-27H,4-8,13-17,19H2,1-3H3,(H,34,38)/t23-,25?,26-,27+/m1/s1. The third kappa shape index (κ3) is 6.04. The summed E-state index contributed by atoms with van der Waals surface area (Å²) in [4.78, 5) is 39.2. The van der Waals surface area contributed by atoms with Gasteiger partial charge in [-0.25, -0.2) is 4.98 Å². The lowest BCUT2D eigenvalue weighted by Gasteiger charge is -2.39. The smallest absolute Gasteiger partial charge is 0.251 e. The molecule has 4 heterocycles. The van der Waals surface area contributed by atoms with Crippen molar-refractivity contribution in [2.24, 2.45) is 5.92 Å². The largest absolute Gasteiger partial charge is 0.369 e. The van der Waals surface area contributed by atoms with E-state index in [0.29, 0.717) is 12.1 Å². The molecule has 12 heteroatoms. The van der Waals surface area contributed by atoms with Gasteiger partial charge in [-0.3, -0.25) is 9.59 Å².